The van der Waals surface area contributed by atoms with Gasteiger partial charge in [0.1, 0.15) is 18.1 Å². The summed E-state index contributed by atoms with van der Waals surface area (Å²) in [5.74, 6) is -0.254. The predicted molar refractivity (Wildman–Crippen MR) is 107 cm³/mol. The summed E-state index contributed by atoms with van der Waals surface area (Å²) in [6.07, 6.45) is 2.07. The van der Waals surface area contributed by atoms with Crippen LogP contribution >= 0.6 is 0 Å². The maximum Gasteiger partial charge on any atom is 0.316 e. The van der Waals surface area contributed by atoms with Crippen LogP contribution in [-0.2, 0) is 13.0 Å². The van der Waals surface area contributed by atoms with Crippen LogP contribution in [0.3, 0.4) is 0 Å². The molecule has 10 heteroatoms. The minimum Gasteiger partial charge on any atom is -0.469 e. The molecule has 0 saturated carbocycles. The Kier molecular flexibility index (Phi) is 5.69. The Hall–Kier alpha value is -4.08. The first kappa shape index (κ1) is 20.2. The Morgan fingerprint density at radius 3 is 2.74 bits per heavy atom. The lowest BCUT2D eigenvalue weighted by Crippen LogP contribution is -2.34. The first-order chi connectivity index (χ1) is 15.0. The van der Waals surface area contributed by atoms with Gasteiger partial charge in [-0.25, -0.2) is 9.07 Å². The fourth-order valence-corrected chi connectivity index (χ4v) is 2.95. The van der Waals surface area contributed by atoms with Gasteiger partial charge in [-0.3, -0.25) is 9.59 Å². The maximum atomic E-state index is 13.1. The highest BCUT2D eigenvalue weighted by Crippen LogP contribution is 2.15. The van der Waals surface area contributed by atoms with Crippen molar-refractivity contribution in [2.45, 2.75) is 25.9 Å². The minimum atomic E-state index is -0.529. The fraction of sp³-hybridized carbons (Fsp3) is 0.190. The highest BCUT2D eigenvalue weighted by molar-refractivity contribution is 5.89. The summed E-state index contributed by atoms with van der Waals surface area (Å²) in [6.45, 7) is 1.73. The van der Waals surface area contributed by atoms with E-state index in [-0.39, 0.29) is 35.7 Å². The molecule has 158 valence electrons. The molecule has 3 heterocycles. The Bertz CT molecular complexity index is 1230. The Morgan fingerprint density at radius 2 is 2.00 bits per heavy atom. The third-order valence-corrected chi connectivity index (χ3v) is 4.43. The second kappa shape index (κ2) is 8.74. The van der Waals surface area contributed by atoms with Gasteiger partial charge in [0, 0.05) is 24.1 Å². The molecule has 1 aromatic carbocycles. The van der Waals surface area contributed by atoms with Gasteiger partial charge in [-0.05, 0) is 49.4 Å². The molecular formula is C21H18FN5O4. The van der Waals surface area contributed by atoms with E-state index in [4.69, 9.17) is 8.94 Å². The minimum absolute atomic E-state index is 0.0907. The second-order valence-electron chi connectivity index (χ2n) is 6.90. The molecule has 4 rings (SSSR count). The summed E-state index contributed by atoms with van der Waals surface area (Å²) in [4.78, 5) is 28.5. The van der Waals surface area contributed by atoms with Crippen molar-refractivity contribution in [2.75, 3.05) is 0 Å². The van der Waals surface area contributed by atoms with Gasteiger partial charge in [0.15, 0.2) is 5.82 Å². The van der Waals surface area contributed by atoms with Gasteiger partial charge in [-0.2, -0.15) is 10.1 Å². The van der Waals surface area contributed by atoms with Gasteiger partial charge in [0.05, 0.1) is 12.0 Å². The molecule has 1 unspecified atom stereocenters. The average Bonchev–Trinajstić information content (AvgIpc) is 3.42. The molecule has 0 spiro atoms. The second-order valence-corrected chi connectivity index (χ2v) is 6.90. The van der Waals surface area contributed by atoms with Crippen LogP contribution in [0, 0.1) is 5.82 Å². The smallest absolute Gasteiger partial charge is 0.316 e. The third-order valence-electron chi connectivity index (χ3n) is 4.43. The Balaban J connectivity index is 1.44. The molecule has 1 N–H and O–H groups in total. The van der Waals surface area contributed by atoms with Crippen LogP contribution in [0.25, 0.3) is 11.3 Å². The van der Waals surface area contributed by atoms with Crippen molar-refractivity contribution in [1.82, 2.24) is 25.2 Å². The van der Waals surface area contributed by atoms with Crippen LogP contribution in [0.1, 0.15) is 29.2 Å². The van der Waals surface area contributed by atoms with Crippen LogP contribution < -0.4 is 10.9 Å². The lowest BCUT2D eigenvalue weighted by molar-refractivity contribution is 0.0895. The molecule has 0 radical (unpaired) electrons. The van der Waals surface area contributed by atoms with Crippen molar-refractivity contribution in [3.8, 4) is 11.3 Å². The molecule has 0 aliphatic rings. The van der Waals surface area contributed by atoms with E-state index in [9.17, 15) is 14.0 Å². The molecule has 3 aromatic heterocycles. The van der Waals surface area contributed by atoms with E-state index >= 15 is 0 Å². The summed E-state index contributed by atoms with van der Waals surface area (Å²) in [6, 6.07) is 12.0. The van der Waals surface area contributed by atoms with Crippen molar-refractivity contribution >= 4 is 5.91 Å². The third kappa shape index (κ3) is 4.92. The largest absolute Gasteiger partial charge is 0.469 e. The van der Waals surface area contributed by atoms with E-state index in [1.165, 1.54) is 18.2 Å². The number of carbonyl (C=O) groups is 1. The zero-order chi connectivity index (χ0) is 21.8. The fourth-order valence-electron chi connectivity index (χ4n) is 2.95. The van der Waals surface area contributed by atoms with Gasteiger partial charge < -0.3 is 14.3 Å². The van der Waals surface area contributed by atoms with E-state index in [1.807, 2.05) is 13.0 Å². The maximum absolute atomic E-state index is 13.1. The van der Waals surface area contributed by atoms with Crippen LogP contribution in [-0.4, -0.2) is 31.9 Å². The van der Waals surface area contributed by atoms with Crippen molar-refractivity contribution < 1.29 is 18.1 Å². The number of nitrogens with one attached hydrogen (secondary N) is 1. The first-order valence-corrected chi connectivity index (χ1v) is 9.48. The number of aromatic nitrogens is 4. The van der Waals surface area contributed by atoms with E-state index in [0.29, 0.717) is 17.7 Å². The molecule has 0 aliphatic heterocycles. The SMILES string of the molecule is CC(Cc1ccco1)NC(=O)c1nc(Cn2nc(-c3ccc(F)cc3)ccc2=O)no1. The van der Waals surface area contributed by atoms with Crippen molar-refractivity contribution in [3.05, 3.63) is 88.4 Å². The van der Waals surface area contributed by atoms with Gasteiger partial charge >= 0.3 is 11.8 Å². The van der Waals surface area contributed by atoms with E-state index in [1.54, 1.807) is 30.5 Å². The molecule has 31 heavy (non-hydrogen) atoms. The standard InChI is InChI=1S/C21H18FN5O4/c1-13(11-16-3-2-10-30-16)23-20(29)21-24-18(26-31-21)12-27-19(28)9-8-17(25-27)14-4-6-15(22)7-5-14/h2-10,13H,11-12H2,1H3,(H,23,29). The van der Waals surface area contributed by atoms with Crippen LogP contribution in [0.4, 0.5) is 4.39 Å². The number of carbonyl (C=O) groups excluding carboxylic acids is 1. The van der Waals surface area contributed by atoms with Gasteiger partial charge in [0.25, 0.3) is 5.56 Å². The number of hydrogen-bond acceptors (Lipinski definition) is 7. The summed E-state index contributed by atoms with van der Waals surface area (Å²) < 4.78 is 24.6. The lowest BCUT2D eigenvalue weighted by Gasteiger charge is -2.10. The lowest BCUT2D eigenvalue weighted by atomic mass is 10.1. The number of benzene rings is 1. The normalized spacial score (nSPS) is 11.9. The predicted octanol–water partition coefficient (Wildman–Crippen LogP) is 2.43. The number of halogens is 1. The van der Waals surface area contributed by atoms with Gasteiger partial charge in [-0.15, -0.1) is 0 Å². The zero-order valence-corrected chi connectivity index (χ0v) is 16.5. The number of nitrogens with zero attached hydrogens (tertiary/aromatic N) is 4. The van der Waals surface area contributed by atoms with E-state index in [2.05, 4.69) is 20.6 Å². The molecule has 9 nitrogen and oxygen atoms in total. The van der Waals surface area contributed by atoms with E-state index < -0.39 is 5.91 Å². The van der Waals surface area contributed by atoms with Crippen molar-refractivity contribution in [1.29, 1.82) is 0 Å². The van der Waals surface area contributed by atoms with Crippen LogP contribution in [0.15, 0.2) is 68.5 Å². The highest BCUT2D eigenvalue weighted by atomic mass is 19.1. The number of hydrogen-bond donors (Lipinski definition) is 1. The number of furan rings is 1. The van der Waals surface area contributed by atoms with Crippen LogP contribution in [0.2, 0.25) is 0 Å². The molecular weight excluding hydrogens is 405 g/mol. The molecule has 1 amide bonds. The Morgan fingerprint density at radius 1 is 1.19 bits per heavy atom. The monoisotopic (exact) mass is 423 g/mol. The number of amides is 1. The molecule has 4 aromatic rings. The molecule has 0 bridgehead atoms. The average molecular weight is 423 g/mol. The van der Waals surface area contributed by atoms with Gasteiger partial charge in [-0.1, -0.05) is 5.16 Å². The Labute approximate surface area is 175 Å². The summed E-state index contributed by atoms with van der Waals surface area (Å²) >= 11 is 0. The van der Waals surface area contributed by atoms with Gasteiger partial charge in [0.2, 0.25) is 0 Å². The quantitative estimate of drug-likeness (QED) is 0.485. The first-order valence-electron chi connectivity index (χ1n) is 9.48. The van der Waals surface area contributed by atoms with Crippen molar-refractivity contribution in [2.24, 2.45) is 0 Å². The summed E-state index contributed by atoms with van der Waals surface area (Å²) in [5.41, 5.74) is 0.746. The molecule has 1 atom stereocenters. The van der Waals surface area contributed by atoms with Crippen LogP contribution in [0.5, 0.6) is 0 Å². The van der Waals surface area contributed by atoms with Crippen molar-refractivity contribution in [3.63, 3.8) is 0 Å². The molecule has 0 saturated heterocycles. The topological polar surface area (TPSA) is 116 Å². The number of rotatable bonds is 7. The highest BCUT2D eigenvalue weighted by Gasteiger charge is 2.18. The zero-order valence-electron chi connectivity index (χ0n) is 16.5. The molecule has 0 aliphatic carbocycles. The summed E-state index contributed by atoms with van der Waals surface area (Å²) in [7, 11) is 0. The summed E-state index contributed by atoms with van der Waals surface area (Å²) in [5, 5.41) is 10.8. The molecule has 0 fully saturated rings. The van der Waals surface area contributed by atoms with E-state index in [0.717, 1.165) is 10.4 Å².